The Morgan fingerprint density at radius 1 is 1.19 bits per heavy atom. The van der Waals surface area contributed by atoms with E-state index in [0.29, 0.717) is 16.6 Å². The van der Waals surface area contributed by atoms with Gasteiger partial charge >= 0.3 is 0 Å². The van der Waals surface area contributed by atoms with E-state index in [-0.39, 0.29) is 16.7 Å². The number of thioether (sulfide) groups is 1. The van der Waals surface area contributed by atoms with Gasteiger partial charge in [0.1, 0.15) is 5.82 Å². The van der Waals surface area contributed by atoms with Crippen LogP contribution in [0.1, 0.15) is 17.6 Å². The second-order valence-corrected chi connectivity index (χ2v) is 9.74. The summed E-state index contributed by atoms with van der Waals surface area (Å²) in [5, 5.41) is 14.4. The van der Waals surface area contributed by atoms with Crippen LogP contribution >= 0.6 is 46.3 Å². The van der Waals surface area contributed by atoms with Crippen molar-refractivity contribution in [2.24, 2.45) is 0 Å². The van der Waals surface area contributed by atoms with Gasteiger partial charge in [0.25, 0.3) is 0 Å². The van der Waals surface area contributed by atoms with Crippen LogP contribution in [0, 0.1) is 0 Å². The molecule has 4 aromatic rings. The molecule has 0 saturated carbocycles. The average Bonchev–Trinajstić information content (AvgIpc) is 3.41. The number of thiophene rings is 1. The van der Waals surface area contributed by atoms with Crippen molar-refractivity contribution in [3.8, 4) is 5.69 Å². The molecule has 0 saturated heterocycles. The number of benzene rings is 1. The van der Waals surface area contributed by atoms with Gasteiger partial charge in [-0.2, -0.15) is 0 Å². The fourth-order valence-electron chi connectivity index (χ4n) is 2.83. The van der Waals surface area contributed by atoms with Gasteiger partial charge in [-0.05, 0) is 36.6 Å². The Morgan fingerprint density at radius 2 is 2.00 bits per heavy atom. The molecule has 0 fully saturated rings. The third kappa shape index (κ3) is 5.27. The van der Waals surface area contributed by atoms with E-state index in [0.717, 1.165) is 11.5 Å². The minimum absolute atomic E-state index is 0.246. The van der Waals surface area contributed by atoms with E-state index < -0.39 is 5.25 Å². The highest BCUT2D eigenvalue weighted by Gasteiger charge is 2.22. The Hall–Kier alpha value is -2.39. The lowest BCUT2D eigenvalue weighted by Gasteiger charge is -2.14. The van der Waals surface area contributed by atoms with Crippen molar-refractivity contribution >= 4 is 58.0 Å². The van der Waals surface area contributed by atoms with Gasteiger partial charge in [0.05, 0.1) is 15.3 Å². The van der Waals surface area contributed by atoms with E-state index in [4.69, 9.17) is 23.2 Å². The summed E-state index contributed by atoms with van der Waals surface area (Å²) in [5.74, 6) is 0.835. The maximum atomic E-state index is 12.7. The summed E-state index contributed by atoms with van der Waals surface area (Å²) >= 11 is 15.0. The summed E-state index contributed by atoms with van der Waals surface area (Å²) in [5.41, 5.74) is 0.941. The number of aromatic nitrogens is 4. The molecular weight excluding hydrogens is 473 g/mol. The molecule has 0 bridgehead atoms. The number of hydrogen-bond acceptors (Lipinski definition) is 6. The van der Waals surface area contributed by atoms with Gasteiger partial charge in [-0.15, -0.1) is 21.5 Å². The average molecular weight is 490 g/mol. The van der Waals surface area contributed by atoms with Gasteiger partial charge in [0, 0.05) is 23.2 Å². The molecule has 0 aliphatic carbocycles. The Labute approximate surface area is 197 Å². The van der Waals surface area contributed by atoms with Crippen LogP contribution in [-0.4, -0.2) is 30.9 Å². The SMILES string of the molecule is C[C@H](Sc1nnc(Cc2cccs2)n1-c1ccccc1)C(=O)Nc1ncc(Cl)cc1Cl. The lowest BCUT2D eigenvalue weighted by molar-refractivity contribution is -0.115. The monoisotopic (exact) mass is 489 g/mol. The lowest BCUT2D eigenvalue weighted by atomic mass is 10.3. The van der Waals surface area contributed by atoms with E-state index in [1.165, 1.54) is 28.9 Å². The summed E-state index contributed by atoms with van der Waals surface area (Å²) in [6.07, 6.45) is 2.09. The summed E-state index contributed by atoms with van der Waals surface area (Å²) in [6.45, 7) is 1.80. The van der Waals surface area contributed by atoms with Gasteiger partial charge in [0.2, 0.25) is 5.91 Å². The van der Waals surface area contributed by atoms with Gasteiger partial charge in [-0.1, -0.05) is 59.2 Å². The number of halogens is 2. The molecule has 1 amide bonds. The van der Waals surface area contributed by atoms with Crippen LogP contribution in [0.15, 0.2) is 65.3 Å². The van der Waals surface area contributed by atoms with Gasteiger partial charge < -0.3 is 5.32 Å². The van der Waals surface area contributed by atoms with Crippen molar-refractivity contribution < 1.29 is 4.79 Å². The molecule has 1 N–H and O–H groups in total. The highest BCUT2D eigenvalue weighted by atomic mass is 35.5. The van der Waals surface area contributed by atoms with E-state index in [1.807, 2.05) is 46.3 Å². The largest absolute Gasteiger partial charge is 0.308 e. The van der Waals surface area contributed by atoms with E-state index in [9.17, 15) is 4.79 Å². The number of carbonyl (C=O) groups is 1. The zero-order valence-electron chi connectivity index (χ0n) is 16.3. The summed E-state index contributed by atoms with van der Waals surface area (Å²) < 4.78 is 1.99. The maximum Gasteiger partial charge on any atom is 0.238 e. The molecule has 4 rings (SSSR count). The molecule has 3 heterocycles. The number of carbonyl (C=O) groups excluding carboxylic acids is 1. The first-order valence-electron chi connectivity index (χ1n) is 9.32. The minimum atomic E-state index is -0.463. The van der Waals surface area contributed by atoms with Crippen LogP contribution < -0.4 is 5.32 Å². The number of para-hydroxylation sites is 1. The quantitative estimate of drug-likeness (QED) is 0.335. The Kier molecular flexibility index (Phi) is 6.92. The zero-order valence-corrected chi connectivity index (χ0v) is 19.5. The van der Waals surface area contributed by atoms with Gasteiger partial charge in [0.15, 0.2) is 11.0 Å². The molecule has 0 spiro atoms. The fourth-order valence-corrected chi connectivity index (χ4v) is 4.85. The van der Waals surface area contributed by atoms with Crippen molar-refractivity contribution in [1.29, 1.82) is 0 Å². The van der Waals surface area contributed by atoms with Gasteiger partial charge in [-0.3, -0.25) is 9.36 Å². The van der Waals surface area contributed by atoms with Crippen LogP contribution in [-0.2, 0) is 11.2 Å². The molecule has 10 heteroatoms. The van der Waals surface area contributed by atoms with Crippen LogP contribution in [0.3, 0.4) is 0 Å². The van der Waals surface area contributed by atoms with Crippen molar-refractivity contribution in [3.05, 3.63) is 80.9 Å². The molecule has 158 valence electrons. The summed E-state index contributed by atoms with van der Waals surface area (Å²) in [7, 11) is 0. The van der Waals surface area contributed by atoms with E-state index in [1.54, 1.807) is 18.3 Å². The maximum absolute atomic E-state index is 12.7. The molecule has 0 aliphatic rings. The molecule has 6 nitrogen and oxygen atoms in total. The normalized spacial score (nSPS) is 12.0. The van der Waals surface area contributed by atoms with Crippen molar-refractivity contribution in [2.45, 2.75) is 23.8 Å². The van der Waals surface area contributed by atoms with Crippen LogP contribution in [0.4, 0.5) is 5.82 Å². The zero-order chi connectivity index (χ0) is 21.8. The second-order valence-electron chi connectivity index (χ2n) is 6.56. The minimum Gasteiger partial charge on any atom is -0.308 e. The lowest BCUT2D eigenvalue weighted by Crippen LogP contribution is -2.23. The molecule has 0 radical (unpaired) electrons. The highest BCUT2D eigenvalue weighted by molar-refractivity contribution is 8.00. The van der Waals surface area contributed by atoms with Crippen molar-refractivity contribution in [3.63, 3.8) is 0 Å². The molecule has 0 aliphatic heterocycles. The number of anilines is 1. The third-order valence-corrected chi connectivity index (χ3v) is 6.74. The number of pyridine rings is 1. The van der Waals surface area contributed by atoms with E-state index >= 15 is 0 Å². The highest BCUT2D eigenvalue weighted by Crippen LogP contribution is 2.29. The first-order chi connectivity index (χ1) is 15.0. The van der Waals surface area contributed by atoms with Crippen molar-refractivity contribution in [1.82, 2.24) is 19.7 Å². The molecular formula is C21H17Cl2N5OS2. The number of amides is 1. The van der Waals surface area contributed by atoms with E-state index in [2.05, 4.69) is 26.6 Å². The number of hydrogen-bond donors (Lipinski definition) is 1. The van der Waals surface area contributed by atoms with Gasteiger partial charge in [-0.25, -0.2) is 4.98 Å². The number of nitrogens with one attached hydrogen (secondary N) is 1. The molecule has 1 atom stereocenters. The molecule has 1 aromatic carbocycles. The third-order valence-electron chi connectivity index (χ3n) is 4.33. The summed E-state index contributed by atoms with van der Waals surface area (Å²) in [4.78, 5) is 18.0. The number of nitrogens with zero attached hydrogens (tertiary/aromatic N) is 4. The standard InChI is InChI=1S/C21H17Cl2N5OS2/c1-13(20(29)25-19-17(23)10-14(22)12-24-19)31-21-27-26-18(11-16-8-5-9-30-16)28(21)15-6-3-2-4-7-15/h2-10,12-13H,11H2,1H3,(H,24,25,29)/t13-/m0/s1. The van der Waals surface area contributed by atoms with Crippen LogP contribution in [0.25, 0.3) is 5.69 Å². The smallest absolute Gasteiger partial charge is 0.238 e. The van der Waals surface area contributed by atoms with Crippen LogP contribution in [0.5, 0.6) is 0 Å². The predicted molar refractivity (Wildman–Crippen MR) is 127 cm³/mol. The Morgan fingerprint density at radius 3 is 2.71 bits per heavy atom. The fraction of sp³-hybridized carbons (Fsp3) is 0.143. The topological polar surface area (TPSA) is 72.7 Å². The molecule has 0 unspecified atom stereocenters. The first-order valence-corrected chi connectivity index (χ1v) is 11.8. The predicted octanol–water partition coefficient (Wildman–Crippen LogP) is 5.74. The first kappa shape index (κ1) is 21.8. The second kappa shape index (κ2) is 9.82. The number of rotatable bonds is 7. The summed E-state index contributed by atoms with van der Waals surface area (Å²) in [6, 6.07) is 15.5. The Balaban J connectivity index is 1.57. The molecule has 31 heavy (non-hydrogen) atoms. The molecule has 3 aromatic heterocycles. The van der Waals surface area contributed by atoms with Crippen LogP contribution in [0.2, 0.25) is 10.0 Å². The van der Waals surface area contributed by atoms with Crippen molar-refractivity contribution in [2.75, 3.05) is 5.32 Å². The Bertz CT molecular complexity index is 1180.